The summed E-state index contributed by atoms with van der Waals surface area (Å²) in [7, 11) is -4.13. The van der Waals surface area contributed by atoms with Gasteiger partial charge in [0.15, 0.2) is 9.84 Å². The molecule has 3 aliphatic rings. The van der Waals surface area contributed by atoms with Crippen molar-refractivity contribution in [1.82, 2.24) is 20.5 Å². The highest BCUT2D eigenvalue weighted by molar-refractivity contribution is 7.92. The predicted octanol–water partition coefficient (Wildman–Crippen LogP) is 2.99. The lowest BCUT2D eigenvalue weighted by molar-refractivity contribution is -0.143. The SMILES string of the molecule is CC(C)C(NC(=O)[C@@H]1C[C@@H](S(=O)(=O)c2ccccc2Cl)CN1C(=O)C1(c2ncc(Cl)cc2F)CC1)C(=O)C(=O)NC1CC1. The van der Waals surface area contributed by atoms with Gasteiger partial charge in [0, 0.05) is 18.8 Å². The molecule has 2 N–H and O–H groups in total. The fourth-order valence-electron chi connectivity index (χ4n) is 5.48. The third-order valence-electron chi connectivity index (χ3n) is 8.21. The van der Waals surface area contributed by atoms with E-state index in [1.807, 2.05) is 0 Å². The molecule has 230 valence electrons. The van der Waals surface area contributed by atoms with Crippen LogP contribution >= 0.6 is 23.2 Å². The molecular formula is C29H31Cl2FN4O6S. The fraction of sp³-hybridized carbons (Fsp3) is 0.483. The Hall–Kier alpha value is -3.09. The quantitative estimate of drug-likeness (QED) is 0.376. The van der Waals surface area contributed by atoms with Crippen LogP contribution in [0.25, 0.3) is 0 Å². The van der Waals surface area contributed by atoms with Gasteiger partial charge in [-0.05, 0) is 56.2 Å². The number of benzene rings is 1. The Morgan fingerprint density at radius 2 is 1.79 bits per heavy atom. The van der Waals surface area contributed by atoms with Gasteiger partial charge in [0.25, 0.3) is 5.91 Å². The van der Waals surface area contributed by atoms with E-state index in [1.54, 1.807) is 19.9 Å². The van der Waals surface area contributed by atoms with Crippen molar-refractivity contribution in [2.75, 3.05) is 6.54 Å². The van der Waals surface area contributed by atoms with E-state index in [1.165, 1.54) is 24.4 Å². The van der Waals surface area contributed by atoms with Crippen molar-refractivity contribution < 1.29 is 32.0 Å². The molecule has 3 atom stereocenters. The van der Waals surface area contributed by atoms with Gasteiger partial charge in [-0.15, -0.1) is 0 Å². The molecule has 3 fully saturated rings. The van der Waals surface area contributed by atoms with Gasteiger partial charge in [-0.2, -0.15) is 0 Å². The number of ketones is 1. The molecule has 1 aromatic carbocycles. The van der Waals surface area contributed by atoms with Crippen LogP contribution in [0.2, 0.25) is 10.0 Å². The Kier molecular flexibility index (Phi) is 8.58. The monoisotopic (exact) mass is 652 g/mol. The van der Waals surface area contributed by atoms with Crippen LogP contribution in [0.5, 0.6) is 0 Å². The molecule has 0 radical (unpaired) electrons. The topological polar surface area (TPSA) is 143 Å². The van der Waals surface area contributed by atoms with Crippen molar-refractivity contribution >= 4 is 56.5 Å². The van der Waals surface area contributed by atoms with Crippen molar-refractivity contribution in [2.24, 2.45) is 5.92 Å². The number of pyridine rings is 1. The van der Waals surface area contributed by atoms with Gasteiger partial charge in [0.2, 0.25) is 17.6 Å². The zero-order chi connectivity index (χ0) is 31.3. The van der Waals surface area contributed by atoms with Crippen molar-refractivity contribution in [3.05, 3.63) is 58.1 Å². The molecule has 5 rings (SSSR count). The molecule has 1 saturated heterocycles. The molecule has 2 aliphatic carbocycles. The van der Waals surface area contributed by atoms with Gasteiger partial charge in [0.1, 0.15) is 11.9 Å². The molecule has 0 bridgehead atoms. The molecule has 1 aromatic heterocycles. The summed E-state index contributed by atoms with van der Waals surface area (Å²) in [5.74, 6) is -4.38. The minimum Gasteiger partial charge on any atom is -0.347 e. The molecule has 10 nitrogen and oxygen atoms in total. The van der Waals surface area contributed by atoms with Crippen LogP contribution in [-0.2, 0) is 34.4 Å². The van der Waals surface area contributed by atoms with E-state index in [2.05, 4.69) is 15.6 Å². The number of halogens is 3. The summed E-state index contributed by atoms with van der Waals surface area (Å²) in [6.07, 6.45) is 2.92. The first kappa shape index (κ1) is 31.3. The number of nitrogens with zero attached hydrogens (tertiary/aromatic N) is 2. The van der Waals surface area contributed by atoms with Crippen LogP contribution < -0.4 is 10.6 Å². The normalized spacial score (nSPS) is 21.8. The number of nitrogens with one attached hydrogen (secondary N) is 2. The average molecular weight is 654 g/mol. The molecule has 1 unspecified atom stereocenters. The zero-order valence-corrected chi connectivity index (χ0v) is 25.8. The zero-order valence-electron chi connectivity index (χ0n) is 23.5. The lowest BCUT2D eigenvalue weighted by Crippen LogP contribution is -2.56. The van der Waals surface area contributed by atoms with Crippen LogP contribution in [0, 0.1) is 11.7 Å². The Morgan fingerprint density at radius 3 is 2.37 bits per heavy atom. The number of carbonyl (C=O) groups excluding carboxylic acids is 4. The van der Waals surface area contributed by atoms with E-state index in [4.69, 9.17) is 23.2 Å². The Bertz CT molecular complexity index is 1590. The Labute approximate surface area is 258 Å². The molecule has 2 aromatic rings. The molecule has 3 amide bonds. The fourth-order valence-corrected chi connectivity index (χ4v) is 7.84. The van der Waals surface area contributed by atoms with Gasteiger partial charge in [0.05, 0.1) is 37.3 Å². The molecule has 2 heterocycles. The van der Waals surface area contributed by atoms with Gasteiger partial charge in [-0.1, -0.05) is 49.2 Å². The average Bonchev–Trinajstić information content (AvgIpc) is 3.88. The standard InChI is InChI=1S/C29H31Cl2FN4O6S/c1-15(2)23(24(37)27(39)34-17-7-8-17)35-26(38)21-12-18(43(41,42)22-6-4-3-5-19(22)31)14-36(21)28(40)29(9-10-29)25-20(32)11-16(30)13-33-25/h3-6,11,13,15,17-18,21,23H,7-10,12,14H2,1-2H3,(H,34,39)(H,35,38)/t18-,21+,23?/m1/s1. The number of sulfone groups is 1. The van der Waals surface area contributed by atoms with Gasteiger partial charge >= 0.3 is 0 Å². The van der Waals surface area contributed by atoms with Gasteiger partial charge < -0.3 is 15.5 Å². The maximum atomic E-state index is 15.0. The first-order valence-electron chi connectivity index (χ1n) is 14.0. The highest BCUT2D eigenvalue weighted by Crippen LogP contribution is 2.51. The van der Waals surface area contributed by atoms with Crippen molar-refractivity contribution in [3.63, 3.8) is 0 Å². The number of amides is 3. The summed E-state index contributed by atoms with van der Waals surface area (Å²) in [5, 5.41) is 4.03. The summed E-state index contributed by atoms with van der Waals surface area (Å²) in [6.45, 7) is 2.94. The molecule has 14 heteroatoms. The Morgan fingerprint density at radius 1 is 1.12 bits per heavy atom. The van der Waals surface area contributed by atoms with E-state index >= 15 is 0 Å². The minimum absolute atomic E-state index is 0.00785. The molecule has 0 spiro atoms. The lowest BCUT2D eigenvalue weighted by Gasteiger charge is -2.30. The first-order valence-corrected chi connectivity index (χ1v) is 16.3. The number of hydrogen-bond acceptors (Lipinski definition) is 7. The van der Waals surface area contributed by atoms with Crippen LogP contribution in [0.15, 0.2) is 41.4 Å². The second-order valence-electron chi connectivity index (χ2n) is 11.7. The maximum absolute atomic E-state index is 15.0. The summed E-state index contributed by atoms with van der Waals surface area (Å²) >= 11 is 12.1. The highest BCUT2D eigenvalue weighted by atomic mass is 35.5. The minimum atomic E-state index is -4.13. The van der Waals surface area contributed by atoms with E-state index < -0.39 is 67.8 Å². The molecule has 43 heavy (non-hydrogen) atoms. The number of Topliss-reactive ketones (excluding diaryl/α,β-unsaturated/α-hetero) is 1. The van der Waals surface area contributed by atoms with Crippen LogP contribution in [0.1, 0.15) is 51.6 Å². The van der Waals surface area contributed by atoms with Crippen molar-refractivity contribution in [1.29, 1.82) is 0 Å². The molecule has 1 aliphatic heterocycles. The van der Waals surface area contributed by atoms with E-state index in [-0.39, 0.29) is 52.5 Å². The number of hydrogen-bond donors (Lipinski definition) is 2. The second kappa shape index (κ2) is 11.8. The van der Waals surface area contributed by atoms with Gasteiger partial charge in [-0.3, -0.25) is 24.2 Å². The maximum Gasteiger partial charge on any atom is 0.289 e. The number of rotatable bonds is 10. The van der Waals surface area contributed by atoms with E-state index in [0.717, 1.165) is 23.8 Å². The first-order chi connectivity index (χ1) is 20.3. The largest absolute Gasteiger partial charge is 0.347 e. The lowest BCUT2D eigenvalue weighted by atomic mass is 9.97. The predicted molar refractivity (Wildman–Crippen MR) is 156 cm³/mol. The summed E-state index contributed by atoms with van der Waals surface area (Å²) < 4.78 is 42.4. The molecular weight excluding hydrogens is 622 g/mol. The third-order valence-corrected chi connectivity index (χ3v) is 11.0. The number of likely N-dealkylation sites (tertiary alicyclic amines) is 1. The summed E-state index contributed by atoms with van der Waals surface area (Å²) in [6, 6.07) is 4.29. The van der Waals surface area contributed by atoms with Gasteiger partial charge in [-0.25, -0.2) is 12.8 Å². The smallest absolute Gasteiger partial charge is 0.289 e. The third kappa shape index (κ3) is 6.14. The van der Waals surface area contributed by atoms with Crippen molar-refractivity contribution in [3.8, 4) is 0 Å². The number of carbonyl (C=O) groups is 4. The second-order valence-corrected chi connectivity index (χ2v) is 14.8. The van der Waals surface area contributed by atoms with Crippen LogP contribution in [0.3, 0.4) is 0 Å². The highest BCUT2D eigenvalue weighted by Gasteiger charge is 2.59. The van der Waals surface area contributed by atoms with Crippen molar-refractivity contribution in [2.45, 2.75) is 79.6 Å². The molecule has 2 saturated carbocycles. The summed E-state index contributed by atoms with van der Waals surface area (Å²) in [5.41, 5.74) is -1.53. The van der Waals surface area contributed by atoms with Crippen LogP contribution in [0.4, 0.5) is 4.39 Å². The Balaban J connectivity index is 1.46. The summed E-state index contributed by atoms with van der Waals surface area (Å²) in [4.78, 5) is 58.5. The van der Waals surface area contributed by atoms with Crippen LogP contribution in [-0.4, -0.2) is 71.7 Å². The van der Waals surface area contributed by atoms with E-state index in [0.29, 0.717) is 0 Å². The number of aromatic nitrogens is 1. The van der Waals surface area contributed by atoms with E-state index in [9.17, 15) is 32.0 Å².